The Morgan fingerprint density at radius 1 is 1.31 bits per heavy atom. The van der Waals surface area contributed by atoms with E-state index >= 15 is 0 Å². The van der Waals surface area contributed by atoms with Crippen LogP contribution >= 0.6 is 35.3 Å². The summed E-state index contributed by atoms with van der Waals surface area (Å²) < 4.78 is 6.00. The highest BCUT2D eigenvalue weighted by Gasteiger charge is 2.15. The summed E-state index contributed by atoms with van der Waals surface area (Å²) in [6.45, 7) is 1.32. The Morgan fingerprint density at radius 2 is 2.15 bits per heavy atom. The van der Waals surface area contributed by atoms with E-state index < -0.39 is 0 Å². The zero-order valence-electron chi connectivity index (χ0n) is 14.9. The van der Waals surface area contributed by atoms with Gasteiger partial charge in [-0.05, 0) is 55.2 Å². The largest absolute Gasteiger partial charge is 0.474 e. The number of guanidine groups is 1. The highest BCUT2D eigenvalue weighted by atomic mass is 127. The minimum absolute atomic E-state index is 0. The van der Waals surface area contributed by atoms with Crippen molar-refractivity contribution in [3.63, 3.8) is 0 Å². The summed E-state index contributed by atoms with van der Waals surface area (Å²) in [7, 11) is 0. The number of halogens is 1. The van der Waals surface area contributed by atoms with Gasteiger partial charge in [-0.3, -0.25) is 0 Å². The van der Waals surface area contributed by atoms with Crippen molar-refractivity contribution in [1.82, 2.24) is 10.3 Å². The molecule has 3 N–H and O–H groups in total. The lowest BCUT2D eigenvalue weighted by molar-refractivity contribution is 0.148. The number of aromatic nitrogens is 1. The molecule has 0 aromatic carbocycles. The van der Waals surface area contributed by atoms with E-state index in [4.69, 9.17) is 10.5 Å². The minimum Gasteiger partial charge on any atom is -0.474 e. The molecule has 1 aliphatic rings. The van der Waals surface area contributed by atoms with Crippen molar-refractivity contribution < 1.29 is 4.74 Å². The predicted molar refractivity (Wildman–Crippen MR) is 119 cm³/mol. The Kier molecular flexibility index (Phi) is 9.17. The van der Waals surface area contributed by atoms with Crippen LogP contribution in [0.1, 0.15) is 42.5 Å². The molecule has 2 aromatic rings. The lowest BCUT2D eigenvalue weighted by atomic mass is 9.98. The van der Waals surface area contributed by atoms with E-state index in [2.05, 4.69) is 32.8 Å². The molecule has 1 aliphatic carbocycles. The van der Waals surface area contributed by atoms with Crippen LogP contribution in [0, 0.1) is 0 Å². The van der Waals surface area contributed by atoms with Gasteiger partial charge in [0.2, 0.25) is 5.88 Å². The quantitative estimate of drug-likeness (QED) is 0.351. The lowest BCUT2D eigenvalue weighted by Crippen LogP contribution is -2.33. The summed E-state index contributed by atoms with van der Waals surface area (Å²) in [4.78, 5) is 10.1. The second-order valence-electron chi connectivity index (χ2n) is 6.34. The first-order valence-electron chi connectivity index (χ1n) is 8.97. The number of thiophene rings is 1. The number of nitrogens with two attached hydrogens (primary N) is 1. The Bertz CT molecular complexity index is 672. The molecule has 0 aliphatic heterocycles. The van der Waals surface area contributed by atoms with Crippen molar-refractivity contribution in [2.24, 2.45) is 10.7 Å². The summed E-state index contributed by atoms with van der Waals surface area (Å²) in [5.41, 5.74) is 7.00. The zero-order valence-corrected chi connectivity index (χ0v) is 18.0. The molecule has 26 heavy (non-hydrogen) atoms. The third kappa shape index (κ3) is 7.11. The fraction of sp³-hybridized carbons (Fsp3) is 0.474. The first-order chi connectivity index (χ1) is 12.3. The molecule has 0 radical (unpaired) electrons. The number of hydrogen-bond acceptors (Lipinski definition) is 4. The molecule has 0 atom stereocenters. The first-order valence-corrected chi connectivity index (χ1v) is 9.85. The summed E-state index contributed by atoms with van der Waals surface area (Å²) in [5, 5.41) is 5.25. The van der Waals surface area contributed by atoms with Gasteiger partial charge in [0.1, 0.15) is 6.10 Å². The monoisotopic (exact) mass is 486 g/mol. The number of hydrogen-bond donors (Lipinski definition) is 2. The third-order valence-corrected chi connectivity index (χ3v) is 5.26. The van der Waals surface area contributed by atoms with E-state index in [-0.39, 0.29) is 24.0 Å². The van der Waals surface area contributed by atoms with Crippen LogP contribution in [-0.2, 0) is 13.0 Å². The van der Waals surface area contributed by atoms with Gasteiger partial charge >= 0.3 is 0 Å². The van der Waals surface area contributed by atoms with E-state index in [0.717, 1.165) is 31.4 Å². The number of rotatable bonds is 7. The summed E-state index contributed by atoms with van der Waals surface area (Å²) >= 11 is 1.76. The van der Waals surface area contributed by atoms with Crippen LogP contribution in [0.25, 0.3) is 0 Å². The molecular weight excluding hydrogens is 459 g/mol. The summed E-state index contributed by atoms with van der Waals surface area (Å²) in [6, 6.07) is 8.12. The highest BCUT2D eigenvalue weighted by molar-refractivity contribution is 14.0. The zero-order chi connectivity index (χ0) is 17.3. The van der Waals surface area contributed by atoms with Gasteiger partial charge in [-0.2, -0.15) is 0 Å². The smallest absolute Gasteiger partial charge is 0.213 e. The standard InChI is InChI=1S/C19H26N4OS.HI/c20-19(22-11-9-17-7-4-12-25-17)23-14-15-8-10-21-18(13-15)24-16-5-2-1-3-6-16;/h4,7-8,10,12-13,16H,1-3,5-6,9,11,14H2,(H3,20,22,23);1H. The molecule has 0 unspecified atom stereocenters. The molecular formula is C19H27IN4OS. The lowest BCUT2D eigenvalue weighted by Gasteiger charge is -2.22. The second kappa shape index (κ2) is 11.4. The second-order valence-corrected chi connectivity index (χ2v) is 7.37. The third-order valence-electron chi connectivity index (χ3n) is 4.33. The van der Waals surface area contributed by atoms with Gasteiger partial charge < -0.3 is 15.8 Å². The fourth-order valence-electron chi connectivity index (χ4n) is 2.97. The van der Waals surface area contributed by atoms with Crippen LogP contribution in [0.2, 0.25) is 0 Å². The van der Waals surface area contributed by atoms with Gasteiger partial charge in [-0.15, -0.1) is 35.3 Å². The molecule has 142 valence electrons. The van der Waals surface area contributed by atoms with E-state index in [1.54, 1.807) is 17.5 Å². The molecule has 0 saturated heterocycles. The Hall–Kier alpha value is -1.35. The molecule has 1 saturated carbocycles. The average Bonchev–Trinajstić information content (AvgIpc) is 3.15. The molecule has 0 spiro atoms. The normalized spacial score (nSPS) is 15.3. The van der Waals surface area contributed by atoms with Gasteiger partial charge in [0.05, 0.1) is 6.54 Å². The van der Waals surface area contributed by atoms with Crippen LogP contribution in [0.3, 0.4) is 0 Å². The van der Waals surface area contributed by atoms with Gasteiger partial charge in [-0.25, -0.2) is 9.98 Å². The highest BCUT2D eigenvalue weighted by Crippen LogP contribution is 2.22. The van der Waals surface area contributed by atoms with Crippen molar-refractivity contribution in [1.29, 1.82) is 0 Å². The van der Waals surface area contributed by atoms with Crippen molar-refractivity contribution in [3.8, 4) is 5.88 Å². The Labute approximate surface area is 176 Å². The number of aliphatic imine (C=N–C) groups is 1. The Balaban J connectivity index is 0.00000243. The minimum atomic E-state index is 0. The van der Waals surface area contributed by atoms with E-state index in [1.165, 1.54) is 24.1 Å². The number of nitrogens with one attached hydrogen (secondary N) is 1. The maximum atomic E-state index is 6.00. The number of pyridine rings is 1. The molecule has 7 heteroatoms. The van der Waals surface area contributed by atoms with Gasteiger partial charge in [-0.1, -0.05) is 12.5 Å². The summed E-state index contributed by atoms with van der Waals surface area (Å²) in [5.74, 6) is 1.17. The maximum Gasteiger partial charge on any atom is 0.213 e. The van der Waals surface area contributed by atoms with Crippen LogP contribution in [0.15, 0.2) is 40.8 Å². The number of nitrogens with zero attached hydrogens (tertiary/aromatic N) is 2. The topological polar surface area (TPSA) is 72.5 Å². The molecule has 3 rings (SSSR count). The average molecular weight is 486 g/mol. The molecule has 2 heterocycles. The van der Waals surface area contributed by atoms with E-state index in [0.29, 0.717) is 24.5 Å². The maximum absolute atomic E-state index is 6.00. The molecule has 5 nitrogen and oxygen atoms in total. The van der Waals surface area contributed by atoms with Gasteiger partial charge in [0.25, 0.3) is 0 Å². The first kappa shape index (κ1) is 21.0. The molecule has 1 fully saturated rings. The van der Waals surface area contributed by atoms with Crippen LogP contribution in [0.5, 0.6) is 5.88 Å². The van der Waals surface area contributed by atoms with Crippen molar-refractivity contribution in [3.05, 3.63) is 46.3 Å². The SMILES string of the molecule is I.NC(=NCc1ccnc(OC2CCCCC2)c1)NCCc1cccs1. The van der Waals surface area contributed by atoms with Crippen molar-refractivity contribution in [2.75, 3.05) is 6.54 Å². The van der Waals surface area contributed by atoms with E-state index in [1.807, 2.05) is 12.1 Å². The number of ether oxygens (including phenoxy) is 1. The van der Waals surface area contributed by atoms with E-state index in [9.17, 15) is 0 Å². The van der Waals surface area contributed by atoms with Crippen LogP contribution < -0.4 is 15.8 Å². The molecule has 0 amide bonds. The molecule has 2 aromatic heterocycles. The predicted octanol–water partition coefficient (Wildman–Crippen LogP) is 4.12. The fourth-order valence-corrected chi connectivity index (χ4v) is 3.68. The van der Waals surface area contributed by atoms with Crippen molar-refractivity contribution in [2.45, 2.75) is 51.2 Å². The van der Waals surface area contributed by atoms with Gasteiger partial charge in [0.15, 0.2) is 5.96 Å². The van der Waals surface area contributed by atoms with Crippen LogP contribution in [0.4, 0.5) is 0 Å². The van der Waals surface area contributed by atoms with Crippen LogP contribution in [-0.4, -0.2) is 23.6 Å². The molecule has 0 bridgehead atoms. The van der Waals surface area contributed by atoms with Gasteiger partial charge in [0, 0.05) is 23.7 Å². The Morgan fingerprint density at radius 3 is 2.92 bits per heavy atom. The summed E-state index contributed by atoms with van der Waals surface area (Å²) in [6.07, 6.45) is 9.14. The van der Waals surface area contributed by atoms with Crippen molar-refractivity contribution >= 4 is 41.3 Å².